The number of fused-ring (bicyclic) bond motifs is 1. The molecule has 20 heavy (non-hydrogen) atoms. The lowest BCUT2D eigenvalue weighted by Crippen LogP contribution is -2.35. The number of rotatable bonds is 6. The van der Waals surface area contributed by atoms with E-state index in [4.69, 9.17) is 4.42 Å². The second-order valence-corrected chi connectivity index (χ2v) is 5.15. The van der Waals surface area contributed by atoms with Gasteiger partial charge in [-0.15, -0.1) is 0 Å². The topological polar surface area (TPSA) is 65.7 Å². The Bertz CT molecular complexity index is 604. The number of furan rings is 1. The number of hydrogen-bond donors (Lipinski definition) is 2. The zero-order valence-corrected chi connectivity index (χ0v) is 12.0. The van der Waals surface area contributed by atoms with Crippen LogP contribution in [0, 0.1) is 0 Å². The molecule has 0 aliphatic rings. The number of benzene rings is 1. The Labute approximate surface area is 118 Å². The zero-order valence-electron chi connectivity index (χ0n) is 12.0. The monoisotopic (exact) mass is 276 g/mol. The fourth-order valence-corrected chi connectivity index (χ4v) is 2.03. The van der Waals surface area contributed by atoms with Gasteiger partial charge in [-0.3, -0.25) is 0 Å². The Balaban J connectivity index is 2.17. The van der Waals surface area contributed by atoms with Crippen molar-refractivity contribution in [1.82, 2.24) is 10.2 Å². The first-order valence-corrected chi connectivity index (χ1v) is 6.61. The summed E-state index contributed by atoms with van der Waals surface area (Å²) < 4.78 is 5.65. The Morgan fingerprint density at radius 1 is 1.40 bits per heavy atom. The smallest absolute Gasteiger partial charge is 0.339 e. The number of carboxylic acid groups (broad SMARTS) is 1. The lowest BCUT2D eigenvalue weighted by molar-refractivity contribution is 0.0696. The second-order valence-electron chi connectivity index (χ2n) is 5.15. The molecule has 5 heteroatoms. The van der Waals surface area contributed by atoms with E-state index in [-0.39, 0.29) is 5.56 Å². The Morgan fingerprint density at radius 3 is 2.75 bits per heavy atom. The predicted molar refractivity (Wildman–Crippen MR) is 78.0 cm³/mol. The van der Waals surface area contributed by atoms with Crippen LogP contribution in [0.1, 0.15) is 23.0 Å². The number of nitrogens with zero attached hydrogens (tertiary/aromatic N) is 1. The Morgan fingerprint density at radius 2 is 2.10 bits per heavy atom. The number of nitrogens with one attached hydrogen (secondary N) is 1. The van der Waals surface area contributed by atoms with E-state index in [1.54, 1.807) is 12.1 Å². The molecule has 0 aliphatic carbocycles. The maximum atomic E-state index is 11.4. The van der Waals surface area contributed by atoms with E-state index >= 15 is 0 Å². The van der Waals surface area contributed by atoms with Crippen molar-refractivity contribution in [2.75, 3.05) is 20.6 Å². The van der Waals surface area contributed by atoms with E-state index in [9.17, 15) is 9.90 Å². The summed E-state index contributed by atoms with van der Waals surface area (Å²) in [5.41, 5.74) is 0.868. The molecule has 2 rings (SSSR count). The molecule has 0 radical (unpaired) electrons. The summed E-state index contributed by atoms with van der Waals surface area (Å²) in [5.74, 6) is -0.475. The second kappa shape index (κ2) is 6.07. The van der Waals surface area contributed by atoms with Crippen LogP contribution in [0.2, 0.25) is 0 Å². The van der Waals surface area contributed by atoms with Crippen LogP contribution in [-0.4, -0.2) is 42.7 Å². The minimum Gasteiger partial charge on any atom is -0.478 e. The van der Waals surface area contributed by atoms with Crippen molar-refractivity contribution >= 4 is 16.9 Å². The first-order chi connectivity index (χ1) is 9.50. The number of para-hydroxylation sites is 1. The third kappa shape index (κ3) is 3.00. The molecule has 0 spiro atoms. The van der Waals surface area contributed by atoms with Gasteiger partial charge in [0.2, 0.25) is 0 Å². The number of carbonyl (C=O) groups is 1. The molecule has 1 atom stereocenters. The highest BCUT2D eigenvalue weighted by molar-refractivity contribution is 6.03. The quantitative estimate of drug-likeness (QED) is 0.846. The highest BCUT2D eigenvalue weighted by atomic mass is 16.4. The SMILES string of the molecule is CC(CNCc1oc2ccccc2c1C(=O)O)N(C)C. The van der Waals surface area contributed by atoms with E-state index in [1.165, 1.54) is 0 Å². The summed E-state index contributed by atoms with van der Waals surface area (Å²) in [6.45, 7) is 3.28. The molecule has 0 aliphatic heterocycles. The number of hydrogen-bond acceptors (Lipinski definition) is 4. The Hall–Kier alpha value is -1.85. The summed E-state index contributed by atoms with van der Waals surface area (Å²) in [6, 6.07) is 7.58. The molecule has 1 unspecified atom stereocenters. The van der Waals surface area contributed by atoms with Crippen LogP contribution in [0.3, 0.4) is 0 Å². The lowest BCUT2D eigenvalue weighted by atomic mass is 10.1. The van der Waals surface area contributed by atoms with E-state index in [2.05, 4.69) is 17.1 Å². The lowest BCUT2D eigenvalue weighted by Gasteiger charge is -2.19. The van der Waals surface area contributed by atoms with Gasteiger partial charge in [-0.2, -0.15) is 0 Å². The van der Waals surface area contributed by atoms with Crippen LogP contribution in [0.15, 0.2) is 28.7 Å². The largest absolute Gasteiger partial charge is 0.478 e. The van der Waals surface area contributed by atoms with Crippen LogP contribution >= 0.6 is 0 Å². The van der Waals surface area contributed by atoms with Gasteiger partial charge >= 0.3 is 5.97 Å². The molecule has 1 heterocycles. The van der Waals surface area contributed by atoms with Gasteiger partial charge in [-0.25, -0.2) is 4.79 Å². The van der Waals surface area contributed by atoms with Gasteiger partial charge < -0.3 is 19.7 Å². The van der Waals surface area contributed by atoms with E-state index in [0.29, 0.717) is 29.3 Å². The minimum atomic E-state index is -0.951. The van der Waals surface area contributed by atoms with Crippen LogP contribution in [-0.2, 0) is 6.54 Å². The summed E-state index contributed by atoms with van der Waals surface area (Å²) >= 11 is 0. The van der Waals surface area contributed by atoms with Gasteiger partial charge in [0, 0.05) is 18.0 Å². The molecule has 0 fully saturated rings. The first kappa shape index (κ1) is 14.6. The summed E-state index contributed by atoms with van der Waals surface area (Å²) in [7, 11) is 4.02. The van der Waals surface area contributed by atoms with Crippen molar-refractivity contribution in [1.29, 1.82) is 0 Å². The molecule has 0 saturated carbocycles. The molecular weight excluding hydrogens is 256 g/mol. The molecule has 1 aromatic heterocycles. The van der Waals surface area contributed by atoms with Crippen LogP contribution in [0.25, 0.3) is 11.0 Å². The van der Waals surface area contributed by atoms with Gasteiger partial charge in [0.1, 0.15) is 16.9 Å². The fraction of sp³-hybridized carbons (Fsp3) is 0.400. The van der Waals surface area contributed by atoms with Crippen LogP contribution < -0.4 is 5.32 Å². The molecule has 2 N–H and O–H groups in total. The molecule has 0 saturated heterocycles. The fourth-order valence-electron chi connectivity index (χ4n) is 2.03. The van der Waals surface area contributed by atoms with Crippen LogP contribution in [0.5, 0.6) is 0 Å². The van der Waals surface area contributed by atoms with Crippen molar-refractivity contribution in [2.24, 2.45) is 0 Å². The van der Waals surface area contributed by atoms with E-state index < -0.39 is 5.97 Å². The molecule has 2 aromatic rings. The van der Waals surface area contributed by atoms with Crippen molar-refractivity contribution < 1.29 is 14.3 Å². The summed E-state index contributed by atoms with van der Waals surface area (Å²) in [4.78, 5) is 13.5. The minimum absolute atomic E-state index is 0.255. The zero-order chi connectivity index (χ0) is 14.7. The summed E-state index contributed by atoms with van der Waals surface area (Å²) in [5, 5.41) is 13.2. The predicted octanol–water partition coefficient (Wildman–Crippen LogP) is 2.17. The normalized spacial score (nSPS) is 13.0. The highest BCUT2D eigenvalue weighted by Gasteiger charge is 2.19. The first-order valence-electron chi connectivity index (χ1n) is 6.61. The standard InChI is InChI=1S/C15H20N2O3/c1-10(17(2)3)8-16-9-13-14(15(18)19)11-6-4-5-7-12(11)20-13/h4-7,10,16H,8-9H2,1-3H3,(H,18,19). The van der Waals surface area contributed by atoms with Crippen molar-refractivity contribution in [3.05, 3.63) is 35.6 Å². The molecule has 0 amide bonds. The van der Waals surface area contributed by atoms with Gasteiger partial charge in [-0.1, -0.05) is 18.2 Å². The number of likely N-dealkylation sites (N-methyl/N-ethyl adjacent to an activating group) is 1. The van der Waals surface area contributed by atoms with E-state index in [1.807, 2.05) is 26.2 Å². The highest BCUT2D eigenvalue weighted by Crippen LogP contribution is 2.25. The van der Waals surface area contributed by atoms with Gasteiger partial charge in [0.25, 0.3) is 0 Å². The summed E-state index contributed by atoms with van der Waals surface area (Å²) in [6.07, 6.45) is 0. The van der Waals surface area contributed by atoms with Gasteiger partial charge in [0.05, 0.1) is 6.54 Å². The number of carboxylic acids is 1. The molecule has 1 aromatic carbocycles. The maximum Gasteiger partial charge on any atom is 0.339 e. The third-order valence-corrected chi connectivity index (χ3v) is 3.49. The molecule has 5 nitrogen and oxygen atoms in total. The third-order valence-electron chi connectivity index (χ3n) is 3.49. The Kier molecular flexibility index (Phi) is 4.42. The van der Waals surface area contributed by atoms with E-state index in [0.717, 1.165) is 6.54 Å². The molecule has 0 bridgehead atoms. The van der Waals surface area contributed by atoms with Crippen molar-refractivity contribution in [2.45, 2.75) is 19.5 Å². The van der Waals surface area contributed by atoms with Gasteiger partial charge in [0.15, 0.2) is 0 Å². The molecular formula is C15H20N2O3. The van der Waals surface area contributed by atoms with Crippen LogP contribution in [0.4, 0.5) is 0 Å². The van der Waals surface area contributed by atoms with Crippen molar-refractivity contribution in [3.8, 4) is 0 Å². The average Bonchev–Trinajstić information content (AvgIpc) is 2.76. The maximum absolute atomic E-state index is 11.4. The molecule has 108 valence electrons. The van der Waals surface area contributed by atoms with Gasteiger partial charge in [-0.05, 0) is 27.1 Å². The average molecular weight is 276 g/mol. The number of aromatic carboxylic acids is 1. The van der Waals surface area contributed by atoms with Crippen molar-refractivity contribution in [3.63, 3.8) is 0 Å².